The van der Waals surface area contributed by atoms with Gasteiger partial charge in [0.05, 0.1) is 12.2 Å². The number of hydrogen-bond donors (Lipinski definition) is 2. The highest BCUT2D eigenvalue weighted by Crippen LogP contribution is 2.22. The molecule has 3 N–H and O–H groups in total. The number of carbonyl (C=O) groups is 1. The molecular weight excluding hydrogens is 268 g/mol. The van der Waals surface area contributed by atoms with Gasteiger partial charge in [0.1, 0.15) is 5.82 Å². The molecule has 2 heterocycles. The fraction of sp³-hybridized carbons (Fsp3) is 0.600. The maximum atomic E-state index is 11.7. The molecule has 1 amide bonds. The average Bonchev–Trinajstić information content (AvgIpc) is 3.01. The lowest BCUT2D eigenvalue weighted by Crippen LogP contribution is -2.25. The summed E-state index contributed by atoms with van der Waals surface area (Å²) >= 11 is 0. The second-order valence-corrected chi connectivity index (χ2v) is 5.15. The number of primary amides is 1. The fourth-order valence-corrected chi connectivity index (χ4v) is 2.48. The summed E-state index contributed by atoms with van der Waals surface area (Å²) in [5.41, 5.74) is 6.98. The molecule has 1 saturated heterocycles. The Morgan fingerprint density at radius 2 is 2.24 bits per heavy atom. The number of anilines is 1. The van der Waals surface area contributed by atoms with Crippen LogP contribution in [0.2, 0.25) is 0 Å². The molecule has 116 valence electrons. The summed E-state index contributed by atoms with van der Waals surface area (Å²) in [6.45, 7) is 6.69. The standard InChI is InChI=1S/C15H24N4O2/c1-2-21-8-5-17-10-12-9-13(14(16)20)15(18-11-12)19-6-3-4-7-19/h9,11,17H,2-8,10H2,1H3,(H2,16,20). The molecule has 6 nitrogen and oxygen atoms in total. The highest BCUT2D eigenvalue weighted by atomic mass is 16.5. The molecule has 0 atom stereocenters. The first-order chi connectivity index (χ1) is 10.2. The number of nitrogens with one attached hydrogen (secondary N) is 1. The van der Waals surface area contributed by atoms with Gasteiger partial charge in [-0.15, -0.1) is 0 Å². The highest BCUT2D eigenvalue weighted by molar-refractivity contribution is 5.97. The molecule has 6 heteroatoms. The van der Waals surface area contributed by atoms with Gasteiger partial charge in [0.25, 0.3) is 5.91 Å². The van der Waals surface area contributed by atoms with Gasteiger partial charge in [-0.25, -0.2) is 4.98 Å². The number of nitrogens with zero attached hydrogens (tertiary/aromatic N) is 2. The van der Waals surface area contributed by atoms with Gasteiger partial charge >= 0.3 is 0 Å². The number of nitrogens with two attached hydrogens (primary N) is 1. The van der Waals surface area contributed by atoms with Crippen molar-refractivity contribution in [2.75, 3.05) is 37.7 Å². The first kappa shape index (κ1) is 15.7. The maximum absolute atomic E-state index is 11.7. The predicted octanol–water partition coefficient (Wildman–Crippen LogP) is 0.907. The van der Waals surface area contributed by atoms with Gasteiger partial charge in [-0.2, -0.15) is 0 Å². The molecule has 1 aliphatic heterocycles. The van der Waals surface area contributed by atoms with E-state index in [0.29, 0.717) is 18.7 Å². The van der Waals surface area contributed by atoms with Crippen molar-refractivity contribution in [2.45, 2.75) is 26.3 Å². The SMILES string of the molecule is CCOCCNCc1cnc(N2CCCC2)c(C(N)=O)c1. The van der Waals surface area contributed by atoms with E-state index in [2.05, 4.69) is 15.2 Å². The van der Waals surface area contributed by atoms with Crippen LogP contribution in [0, 0.1) is 0 Å². The van der Waals surface area contributed by atoms with Crippen molar-refractivity contribution < 1.29 is 9.53 Å². The first-order valence-corrected chi connectivity index (χ1v) is 7.54. The minimum absolute atomic E-state index is 0.416. The molecule has 0 unspecified atom stereocenters. The molecule has 1 aromatic heterocycles. The van der Waals surface area contributed by atoms with Crippen LogP contribution < -0.4 is 16.0 Å². The number of hydrogen-bond acceptors (Lipinski definition) is 5. The lowest BCUT2D eigenvalue weighted by atomic mass is 10.1. The Morgan fingerprint density at radius 3 is 2.90 bits per heavy atom. The van der Waals surface area contributed by atoms with E-state index in [4.69, 9.17) is 10.5 Å². The van der Waals surface area contributed by atoms with Crippen molar-refractivity contribution in [1.82, 2.24) is 10.3 Å². The summed E-state index contributed by atoms with van der Waals surface area (Å²) in [4.78, 5) is 18.2. The lowest BCUT2D eigenvalue weighted by Gasteiger charge is -2.19. The second kappa shape index (κ2) is 7.95. The largest absolute Gasteiger partial charge is 0.380 e. The van der Waals surface area contributed by atoms with Crippen LogP contribution in [0.5, 0.6) is 0 Å². The Balaban J connectivity index is 2.00. The molecule has 1 aliphatic rings. The highest BCUT2D eigenvalue weighted by Gasteiger charge is 2.20. The smallest absolute Gasteiger partial charge is 0.252 e. The summed E-state index contributed by atoms with van der Waals surface area (Å²) in [5.74, 6) is 0.304. The monoisotopic (exact) mass is 292 g/mol. The summed E-state index contributed by atoms with van der Waals surface area (Å²) in [6, 6.07) is 1.84. The lowest BCUT2D eigenvalue weighted by molar-refractivity contribution is 0.100. The van der Waals surface area contributed by atoms with Crippen molar-refractivity contribution in [3.05, 3.63) is 23.4 Å². The third-order valence-corrected chi connectivity index (χ3v) is 3.55. The van der Waals surface area contributed by atoms with Crippen molar-refractivity contribution in [3.8, 4) is 0 Å². The number of carbonyl (C=O) groups excluding carboxylic acids is 1. The van der Waals surface area contributed by atoms with Crippen LogP contribution in [-0.2, 0) is 11.3 Å². The molecule has 0 aromatic carbocycles. The molecule has 1 fully saturated rings. The Hall–Kier alpha value is -1.66. The Bertz CT molecular complexity index is 473. The molecule has 0 bridgehead atoms. The number of pyridine rings is 1. The van der Waals surface area contributed by atoms with E-state index in [1.54, 1.807) is 0 Å². The van der Waals surface area contributed by atoms with Crippen LogP contribution in [0.1, 0.15) is 35.7 Å². The van der Waals surface area contributed by atoms with Crippen LogP contribution >= 0.6 is 0 Å². The van der Waals surface area contributed by atoms with Crippen LogP contribution in [0.4, 0.5) is 5.82 Å². The van der Waals surface area contributed by atoms with E-state index >= 15 is 0 Å². The molecule has 0 aliphatic carbocycles. The number of amides is 1. The molecular formula is C15H24N4O2. The number of aromatic nitrogens is 1. The van der Waals surface area contributed by atoms with Gasteiger partial charge in [0.15, 0.2) is 0 Å². The summed E-state index contributed by atoms with van der Waals surface area (Å²) in [5, 5.41) is 3.26. The normalized spacial score (nSPS) is 14.6. The molecule has 0 spiro atoms. The van der Waals surface area contributed by atoms with E-state index in [1.165, 1.54) is 0 Å². The molecule has 0 radical (unpaired) electrons. The van der Waals surface area contributed by atoms with Gasteiger partial charge in [-0.05, 0) is 31.4 Å². The van der Waals surface area contributed by atoms with Gasteiger partial charge in [0, 0.05) is 39.0 Å². The van der Waals surface area contributed by atoms with Crippen LogP contribution in [0.25, 0.3) is 0 Å². The van der Waals surface area contributed by atoms with Crippen LogP contribution in [-0.4, -0.2) is 43.7 Å². The molecule has 2 rings (SSSR count). The zero-order valence-corrected chi connectivity index (χ0v) is 12.6. The van der Waals surface area contributed by atoms with E-state index in [-0.39, 0.29) is 0 Å². The predicted molar refractivity (Wildman–Crippen MR) is 82.4 cm³/mol. The van der Waals surface area contributed by atoms with Crippen LogP contribution in [0.3, 0.4) is 0 Å². The van der Waals surface area contributed by atoms with Crippen molar-refractivity contribution >= 4 is 11.7 Å². The Morgan fingerprint density at radius 1 is 1.48 bits per heavy atom. The molecule has 0 saturated carbocycles. The van der Waals surface area contributed by atoms with Crippen molar-refractivity contribution in [1.29, 1.82) is 0 Å². The number of rotatable bonds is 8. The van der Waals surface area contributed by atoms with Gasteiger partial charge in [0.2, 0.25) is 0 Å². The van der Waals surface area contributed by atoms with Crippen molar-refractivity contribution in [2.24, 2.45) is 5.73 Å². The minimum atomic E-state index is -0.416. The van der Waals surface area contributed by atoms with E-state index < -0.39 is 5.91 Å². The van der Waals surface area contributed by atoms with E-state index in [0.717, 1.165) is 50.5 Å². The quantitative estimate of drug-likeness (QED) is 0.696. The molecule has 1 aromatic rings. The average molecular weight is 292 g/mol. The summed E-state index contributed by atoms with van der Waals surface area (Å²) in [6.07, 6.45) is 4.09. The zero-order chi connectivity index (χ0) is 15.1. The van der Waals surface area contributed by atoms with Crippen LogP contribution in [0.15, 0.2) is 12.3 Å². The Kier molecular flexibility index (Phi) is 5.95. The number of ether oxygens (including phenoxy) is 1. The topological polar surface area (TPSA) is 80.5 Å². The third kappa shape index (κ3) is 4.41. The fourth-order valence-electron chi connectivity index (χ4n) is 2.48. The van der Waals surface area contributed by atoms with E-state index in [1.807, 2.05) is 19.2 Å². The van der Waals surface area contributed by atoms with Gasteiger partial charge in [-0.1, -0.05) is 0 Å². The summed E-state index contributed by atoms with van der Waals surface area (Å²) in [7, 11) is 0. The second-order valence-electron chi connectivity index (χ2n) is 5.15. The van der Waals surface area contributed by atoms with Gasteiger partial charge < -0.3 is 20.7 Å². The minimum Gasteiger partial charge on any atom is -0.380 e. The zero-order valence-electron chi connectivity index (χ0n) is 12.6. The van der Waals surface area contributed by atoms with Gasteiger partial charge in [-0.3, -0.25) is 4.79 Å². The van der Waals surface area contributed by atoms with E-state index in [9.17, 15) is 4.79 Å². The Labute approximate surface area is 125 Å². The van der Waals surface area contributed by atoms with Crippen molar-refractivity contribution in [3.63, 3.8) is 0 Å². The third-order valence-electron chi connectivity index (χ3n) is 3.55. The first-order valence-electron chi connectivity index (χ1n) is 7.54. The maximum Gasteiger partial charge on any atom is 0.252 e. The summed E-state index contributed by atoms with van der Waals surface area (Å²) < 4.78 is 5.26. The molecule has 21 heavy (non-hydrogen) atoms.